The zero-order chi connectivity index (χ0) is 18.9. The standard InChI is InChI=1S/C19H22N6O2S.ClH/c26-17-15(18-22-13-3-1-2-4-14(13)28-18)16(21-12-5-6-20-11-12)23-19(24-17)25-7-9-27-10-8-25;/h1-4,12,20H,5-11H2,(H2,21,23,24,26);1H/t12-;/m0./s1. The molecule has 10 heteroatoms. The lowest BCUT2D eigenvalue weighted by atomic mass is 10.2. The average molecular weight is 435 g/mol. The third-order valence-electron chi connectivity index (χ3n) is 5.13. The van der Waals surface area contributed by atoms with Gasteiger partial charge in [0.2, 0.25) is 5.95 Å². The van der Waals surface area contributed by atoms with Crippen LogP contribution in [-0.2, 0) is 4.74 Å². The van der Waals surface area contributed by atoms with E-state index in [0.717, 1.165) is 29.7 Å². The number of para-hydroxylation sites is 1. The maximum atomic E-state index is 13.1. The summed E-state index contributed by atoms with van der Waals surface area (Å²) in [4.78, 5) is 27.6. The second kappa shape index (κ2) is 8.66. The number of halogens is 1. The van der Waals surface area contributed by atoms with E-state index in [1.165, 1.54) is 11.3 Å². The van der Waals surface area contributed by atoms with Crippen LogP contribution in [0.1, 0.15) is 6.42 Å². The first-order chi connectivity index (χ1) is 13.8. The van der Waals surface area contributed by atoms with Gasteiger partial charge in [0.1, 0.15) is 16.4 Å². The van der Waals surface area contributed by atoms with Crippen LogP contribution in [-0.4, -0.2) is 60.4 Å². The van der Waals surface area contributed by atoms with Gasteiger partial charge in [-0.3, -0.25) is 9.78 Å². The molecule has 2 aromatic heterocycles. The fraction of sp³-hybridized carbons (Fsp3) is 0.421. The summed E-state index contributed by atoms with van der Waals surface area (Å²) in [6, 6.07) is 8.18. The molecule has 154 valence electrons. The van der Waals surface area contributed by atoms with Gasteiger partial charge >= 0.3 is 0 Å². The number of hydrogen-bond acceptors (Lipinski definition) is 8. The fourth-order valence-electron chi connectivity index (χ4n) is 3.64. The molecule has 5 rings (SSSR count). The fourth-order valence-corrected chi connectivity index (χ4v) is 4.65. The van der Waals surface area contributed by atoms with E-state index in [2.05, 4.69) is 20.5 Å². The minimum absolute atomic E-state index is 0. The molecule has 4 heterocycles. The SMILES string of the molecule is Cl.O=c1[nH]c(N2CCOCC2)nc(N[C@H]2CCNC2)c1-c1nc2ccccc2s1. The van der Waals surface area contributed by atoms with Crippen molar-refractivity contribution < 1.29 is 4.74 Å². The highest BCUT2D eigenvalue weighted by molar-refractivity contribution is 7.21. The summed E-state index contributed by atoms with van der Waals surface area (Å²) >= 11 is 1.52. The van der Waals surface area contributed by atoms with E-state index in [1.807, 2.05) is 24.3 Å². The Kier molecular flexibility index (Phi) is 6.00. The first-order valence-electron chi connectivity index (χ1n) is 9.58. The first-order valence-corrected chi connectivity index (χ1v) is 10.4. The zero-order valence-electron chi connectivity index (χ0n) is 15.8. The van der Waals surface area contributed by atoms with Crippen molar-refractivity contribution in [3.63, 3.8) is 0 Å². The van der Waals surface area contributed by atoms with Crippen LogP contribution in [0.2, 0.25) is 0 Å². The monoisotopic (exact) mass is 434 g/mol. The minimum Gasteiger partial charge on any atom is -0.378 e. The van der Waals surface area contributed by atoms with Crippen molar-refractivity contribution in [1.29, 1.82) is 0 Å². The number of thiazole rings is 1. The predicted molar refractivity (Wildman–Crippen MR) is 119 cm³/mol. The van der Waals surface area contributed by atoms with Crippen LogP contribution in [0.25, 0.3) is 20.8 Å². The Morgan fingerprint density at radius 1 is 1.21 bits per heavy atom. The van der Waals surface area contributed by atoms with Crippen LogP contribution in [0.3, 0.4) is 0 Å². The molecule has 8 nitrogen and oxygen atoms in total. The van der Waals surface area contributed by atoms with Gasteiger partial charge in [-0.2, -0.15) is 4.98 Å². The van der Waals surface area contributed by atoms with E-state index >= 15 is 0 Å². The minimum atomic E-state index is -0.163. The summed E-state index contributed by atoms with van der Waals surface area (Å²) in [7, 11) is 0. The summed E-state index contributed by atoms with van der Waals surface area (Å²) < 4.78 is 6.48. The molecule has 2 aliphatic rings. The molecule has 3 aromatic rings. The molecule has 1 aromatic carbocycles. The molecule has 1 atom stereocenters. The topological polar surface area (TPSA) is 95.2 Å². The first kappa shape index (κ1) is 20.1. The van der Waals surface area contributed by atoms with Gasteiger partial charge < -0.3 is 20.3 Å². The number of nitrogens with one attached hydrogen (secondary N) is 3. The Labute approximate surface area is 178 Å². The third-order valence-corrected chi connectivity index (χ3v) is 6.18. The summed E-state index contributed by atoms with van der Waals surface area (Å²) in [5.41, 5.74) is 1.25. The molecule has 0 saturated carbocycles. The lowest BCUT2D eigenvalue weighted by molar-refractivity contribution is 0.122. The number of H-pyrrole nitrogens is 1. The molecule has 0 unspecified atom stereocenters. The molecule has 0 bridgehead atoms. The van der Waals surface area contributed by atoms with Crippen LogP contribution >= 0.6 is 23.7 Å². The highest BCUT2D eigenvalue weighted by Gasteiger charge is 2.24. The molecule has 0 amide bonds. The lowest BCUT2D eigenvalue weighted by Crippen LogP contribution is -2.38. The molecular weight excluding hydrogens is 412 g/mol. The highest BCUT2D eigenvalue weighted by atomic mass is 35.5. The number of anilines is 2. The number of fused-ring (bicyclic) bond motifs is 1. The van der Waals surface area contributed by atoms with Gasteiger partial charge in [-0.15, -0.1) is 23.7 Å². The smallest absolute Gasteiger partial charge is 0.264 e. The Hall–Kier alpha value is -2.20. The molecule has 2 fully saturated rings. The largest absolute Gasteiger partial charge is 0.378 e. The quantitative estimate of drug-likeness (QED) is 0.578. The predicted octanol–water partition coefficient (Wildman–Crippen LogP) is 2.08. The molecular formula is C19H23ClN6O2S. The maximum Gasteiger partial charge on any atom is 0.264 e. The van der Waals surface area contributed by atoms with Crippen LogP contribution in [0.4, 0.5) is 11.8 Å². The zero-order valence-corrected chi connectivity index (χ0v) is 17.4. The summed E-state index contributed by atoms with van der Waals surface area (Å²) in [6.07, 6.45) is 1.00. The van der Waals surface area contributed by atoms with Gasteiger partial charge in [0.25, 0.3) is 5.56 Å². The molecule has 2 saturated heterocycles. The summed E-state index contributed by atoms with van der Waals surface area (Å²) in [6.45, 7) is 4.53. The van der Waals surface area contributed by atoms with Gasteiger partial charge in [-0.25, -0.2) is 4.98 Å². The van der Waals surface area contributed by atoms with Gasteiger partial charge in [0.05, 0.1) is 23.4 Å². The Balaban J connectivity index is 0.00000205. The highest BCUT2D eigenvalue weighted by Crippen LogP contribution is 2.32. The van der Waals surface area contributed by atoms with Crippen molar-refractivity contribution >= 4 is 45.7 Å². The Morgan fingerprint density at radius 2 is 2.03 bits per heavy atom. The average Bonchev–Trinajstić information content (AvgIpc) is 3.37. The third kappa shape index (κ3) is 4.09. The molecule has 2 aliphatic heterocycles. The van der Waals surface area contributed by atoms with Gasteiger partial charge in [0.15, 0.2) is 0 Å². The maximum absolute atomic E-state index is 13.1. The van der Waals surface area contributed by atoms with Crippen molar-refractivity contribution in [1.82, 2.24) is 20.3 Å². The van der Waals surface area contributed by atoms with Crippen LogP contribution in [0.15, 0.2) is 29.1 Å². The lowest BCUT2D eigenvalue weighted by Gasteiger charge is -2.28. The number of hydrogen-bond donors (Lipinski definition) is 3. The van der Waals surface area contributed by atoms with Gasteiger partial charge in [-0.1, -0.05) is 12.1 Å². The van der Waals surface area contributed by atoms with Crippen LogP contribution < -0.4 is 21.1 Å². The van der Waals surface area contributed by atoms with E-state index in [1.54, 1.807) is 0 Å². The molecule has 29 heavy (non-hydrogen) atoms. The van der Waals surface area contributed by atoms with Crippen LogP contribution in [0, 0.1) is 0 Å². The number of rotatable bonds is 4. The molecule has 0 spiro atoms. The van der Waals surface area contributed by atoms with Crippen molar-refractivity contribution in [3.8, 4) is 10.6 Å². The van der Waals surface area contributed by atoms with E-state index < -0.39 is 0 Å². The van der Waals surface area contributed by atoms with Gasteiger partial charge in [-0.05, 0) is 25.1 Å². The Morgan fingerprint density at radius 3 is 2.79 bits per heavy atom. The van der Waals surface area contributed by atoms with Crippen molar-refractivity contribution in [2.75, 3.05) is 49.6 Å². The van der Waals surface area contributed by atoms with Crippen molar-refractivity contribution in [2.24, 2.45) is 0 Å². The number of aromatic amines is 1. The summed E-state index contributed by atoms with van der Waals surface area (Å²) in [5, 5.41) is 7.53. The van der Waals surface area contributed by atoms with E-state index in [4.69, 9.17) is 14.7 Å². The molecule has 3 N–H and O–H groups in total. The van der Waals surface area contributed by atoms with Crippen LogP contribution in [0.5, 0.6) is 0 Å². The number of nitrogens with zero attached hydrogens (tertiary/aromatic N) is 3. The van der Waals surface area contributed by atoms with Crippen molar-refractivity contribution in [2.45, 2.75) is 12.5 Å². The van der Waals surface area contributed by atoms with Crippen molar-refractivity contribution in [3.05, 3.63) is 34.6 Å². The van der Waals surface area contributed by atoms with E-state index in [9.17, 15) is 4.79 Å². The van der Waals surface area contributed by atoms with E-state index in [0.29, 0.717) is 48.6 Å². The number of morpholine rings is 1. The Bertz CT molecular complexity index is 1010. The molecule has 0 radical (unpaired) electrons. The summed E-state index contributed by atoms with van der Waals surface area (Å²) in [5.74, 6) is 1.20. The number of benzene rings is 1. The van der Waals surface area contributed by atoms with Gasteiger partial charge in [0, 0.05) is 25.7 Å². The number of aromatic nitrogens is 3. The second-order valence-electron chi connectivity index (χ2n) is 7.03. The normalized spacial score (nSPS) is 19.3. The second-order valence-corrected chi connectivity index (χ2v) is 8.06. The van der Waals surface area contributed by atoms with E-state index in [-0.39, 0.29) is 24.0 Å². The number of ether oxygens (including phenoxy) is 1. The molecule has 0 aliphatic carbocycles.